The molecule has 1 aromatic carbocycles. The number of nitrogens with zero attached hydrogens (tertiary/aromatic N) is 2. The zero-order valence-electron chi connectivity index (χ0n) is 8.71. The monoisotopic (exact) mass is 253 g/mol. The zero-order chi connectivity index (χ0) is 11.4. The average Bonchev–Trinajstić information content (AvgIpc) is 2.78. The number of rotatable bonds is 4. The van der Waals surface area contributed by atoms with Gasteiger partial charge in [0.25, 0.3) is 0 Å². The molecule has 0 amide bonds. The van der Waals surface area contributed by atoms with Crippen LogP contribution >= 0.6 is 23.3 Å². The predicted octanol–water partition coefficient (Wildman–Crippen LogP) is 2.42. The first-order valence-corrected chi connectivity index (χ1v) is 6.37. The molecule has 2 rings (SSSR count). The number of benzene rings is 1. The number of hydrogen-bond donors (Lipinski definition) is 1. The molecule has 0 unspecified atom stereocenters. The standard InChI is InChI=1S/C10H11N3OS2/c1-14-9-3-7(2-8(11)4-9)5-15-10-12-6-13-16-10/h2-4,6H,5,11H2,1H3. The van der Waals surface area contributed by atoms with Crippen LogP contribution in [0.15, 0.2) is 28.9 Å². The second-order valence-electron chi connectivity index (χ2n) is 3.11. The molecule has 2 aromatic rings. The lowest BCUT2D eigenvalue weighted by molar-refractivity contribution is 0.414. The Labute approximate surface area is 102 Å². The number of hydrogen-bond acceptors (Lipinski definition) is 6. The second-order valence-corrected chi connectivity index (χ2v) is 5.11. The summed E-state index contributed by atoms with van der Waals surface area (Å²) >= 11 is 3.04. The van der Waals surface area contributed by atoms with Crippen LogP contribution in [0.3, 0.4) is 0 Å². The fourth-order valence-electron chi connectivity index (χ4n) is 1.26. The van der Waals surface area contributed by atoms with Crippen LogP contribution in [0.2, 0.25) is 0 Å². The van der Waals surface area contributed by atoms with Crippen LogP contribution in [0.1, 0.15) is 5.56 Å². The van der Waals surface area contributed by atoms with Crippen molar-refractivity contribution >= 4 is 29.0 Å². The van der Waals surface area contributed by atoms with Gasteiger partial charge in [0, 0.05) is 17.5 Å². The SMILES string of the molecule is COc1cc(N)cc(CSc2ncns2)c1. The Kier molecular flexibility index (Phi) is 3.63. The van der Waals surface area contributed by atoms with E-state index in [1.165, 1.54) is 11.5 Å². The summed E-state index contributed by atoms with van der Waals surface area (Å²) in [5, 5.41) is 0. The van der Waals surface area contributed by atoms with Crippen LogP contribution in [-0.2, 0) is 5.75 Å². The van der Waals surface area contributed by atoms with Crippen molar-refractivity contribution in [1.29, 1.82) is 0 Å². The quantitative estimate of drug-likeness (QED) is 0.669. The van der Waals surface area contributed by atoms with Gasteiger partial charge in [0.05, 0.1) is 7.11 Å². The van der Waals surface area contributed by atoms with E-state index in [0.717, 1.165) is 21.4 Å². The first-order valence-electron chi connectivity index (χ1n) is 4.61. The molecule has 0 aliphatic carbocycles. The molecule has 0 aliphatic heterocycles. The molecule has 2 N–H and O–H groups in total. The van der Waals surface area contributed by atoms with Crippen molar-refractivity contribution in [1.82, 2.24) is 9.36 Å². The van der Waals surface area contributed by atoms with E-state index in [9.17, 15) is 0 Å². The minimum absolute atomic E-state index is 0.715. The highest BCUT2D eigenvalue weighted by Gasteiger charge is 2.02. The van der Waals surface area contributed by atoms with E-state index in [-0.39, 0.29) is 0 Å². The van der Waals surface area contributed by atoms with E-state index in [1.54, 1.807) is 31.3 Å². The van der Waals surface area contributed by atoms with Gasteiger partial charge >= 0.3 is 0 Å². The Morgan fingerprint density at radius 1 is 1.44 bits per heavy atom. The van der Waals surface area contributed by atoms with Crippen LogP contribution in [0.4, 0.5) is 5.69 Å². The van der Waals surface area contributed by atoms with Crippen LogP contribution in [-0.4, -0.2) is 16.5 Å². The lowest BCUT2D eigenvalue weighted by Gasteiger charge is -2.05. The van der Waals surface area contributed by atoms with Gasteiger partial charge in [-0.3, -0.25) is 0 Å². The molecule has 0 atom stereocenters. The molecular weight excluding hydrogens is 242 g/mol. The Morgan fingerprint density at radius 2 is 2.31 bits per heavy atom. The van der Waals surface area contributed by atoms with E-state index in [2.05, 4.69) is 9.36 Å². The largest absolute Gasteiger partial charge is 0.497 e. The topological polar surface area (TPSA) is 61.0 Å². The van der Waals surface area contributed by atoms with E-state index < -0.39 is 0 Å². The van der Waals surface area contributed by atoms with Gasteiger partial charge in [0.1, 0.15) is 12.1 Å². The zero-order valence-corrected chi connectivity index (χ0v) is 10.3. The lowest BCUT2D eigenvalue weighted by atomic mass is 10.2. The van der Waals surface area contributed by atoms with Gasteiger partial charge in [0.15, 0.2) is 4.34 Å². The maximum Gasteiger partial charge on any atom is 0.170 e. The molecule has 0 aliphatic rings. The lowest BCUT2D eigenvalue weighted by Crippen LogP contribution is -1.91. The first-order chi connectivity index (χ1) is 7.78. The maximum absolute atomic E-state index is 5.77. The van der Waals surface area contributed by atoms with Crippen LogP contribution in [0, 0.1) is 0 Å². The van der Waals surface area contributed by atoms with Gasteiger partial charge in [-0.05, 0) is 29.2 Å². The molecule has 0 radical (unpaired) electrons. The molecular formula is C10H11N3OS2. The summed E-state index contributed by atoms with van der Waals surface area (Å²) in [6.45, 7) is 0. The molecule has 1 aromatic heterocycles. The van der Waals surface area contributed by atoms with Gasteiger partial charge in [-0.1, -0.05) is 11.8 Å². The van der Waals surface area contributed by atoms with Gasteiger partial charge in [0.2, 0.25) is 0 Å². The number of aromatic nitrogens is 2. The number of nitrogen functional groups attached to an aromatic ring is 1. The molecule has 6 heteroatoms. The van der Waals surface area contributed by atoms with Crippen LogP contribution in [0.5, 0.6) is 5.75 Å². The highest BCUT2D eigenvalue weighted by Crippen LogP contribution is 2.26. The van der Waals surface area contributed by atoms with Crippen molar-refractivity contribution in [3.05, 3.63) is 30.1 Å². The third-order valence-corrected chi connectivity index (χ3v) is 3.80. The third kappa shape index (κ3) is 2.86. The van der Waals surface area contributed by atoms with E-state index >= 15 is 0 Å². The highest BCUT2D eigenvalue weighted by atomic mass is 32.2. The fourth-order valence-corrected chi connectivity index (χ4v) is 2.63. The predicted molar refractivity (Wildman–Crippen MR) is 66.9 cm³/mol. The molecule has 16 heavy (non-hydrogen) atoms. The fraction of sp³-hybridized carbons (Fsp3) is 0.200. The molecule has 0 saturated carbocycles. The maximum atomic E-state index is 5.77. The Balaban J connectivity index is 2.06. The number of ether oxygens (including phenoxy) is 1. The normalized spacial score (nSPS) is 10.3. The number of nitrogens with two attached hydrogens (primary N) is 1. The van der Waals surface area contributed by atoms with Crippen molar-refractivity contribution < 1.29 is 4.74 Å². The smallest absolute Gasteiger partial charge is 0.170 e. The number of methoxy groups -OCH3 is 1. The summed E-state index contributed by atoms with van der Waals surface area (Å²) in [6, 6.07) is 5.72. The minimum Gasteiger partial charge on any atom is -0.497 e. The number of anilines is 1. The second kappa shape index (κ2) is 5.18. The molecule has 1 heterocycles. The van der Waals surface area contributed by atoms with Crippen LogP contribution < -0.4 is 10.5 Å². The third-order valence-electron chi connectivity index (χ3n) is 1.93. The summed E-state index contributed by atoms with van der Waals surface area (Å²) in [6.07, 6.45) is 1.56. The molecule has 0 bridgehead atoms. The molecule has 0 spiro atoms. The molecule has 0 fully saturated rings. The molecule has 0 saturated heterocycles. The molecule has 4 nitrogen and oxygen atoms in total. The number of thioether (sulfide) groups is 1. The highest BCUT2D eigenvalue weighted by molar-refractivity contribution is 8.00. The summed E-state index contributed by atoms with van der Waals surface area (Å²) < 4.78 is 10.1. The van der Waals surface area contributed by atoms with Gasteiger partial charge in [-0.2, -0.15) is 4.37 Å². The summed E-state index contributed by atoms with van der Waals surface area (Å²) in [5.41, 5.74) is 7.61. The van der Waals surface area contributed by atoms with E-state index in [4.69, 9.17) is 10.5 Å². The van der Waals surface area contributed by atoms with Crippen molar-refractivity contribution in [2.75, 3.05) is 12.8 Å². The van der Waals surface area contributed by atoms with Gasteiger partial charge in [-0.25, -0.2) is 4.98 Å². The average molecular weight is 253 g/mol. The van der Waals surface area contributed by atoms with Crippen molar-refractivity contribution in [3.8, 4) is 5.75 Å². The summed E-state index contributed by atoms with van der Waals surface area (Å²) in [7, 11) is 1.64. The van der Waals surface area contributed by atoms with E-state index in [1.807, 2.05) is 12.1 Å². The summed E-state index contributed by atoms with van der Waals surface area (Å²) in [5.74, 6) is 1.60. The minimum atomic E-state index is 0.715. The Hall–Kier alpha value is -1.27. The van der Waals surface area contributed by atoms with Crippen molar-refractivity contribution in [2.24, 2.45) is 0 Å². The summed E-state index contributed by atoms with van der Waals surface area (Å²) in [4.78, 5) is 4.10. The van der Waals surface area contributed by atoms with Crippen molar-refractivity contribution in [3.63, 3.8) is 0 Å². The van der Waals surface area contributed by atoms with Crippen molar-refractivity contribution in [2.45, 2.75) is 10.1 Å². The Bertz CT molecular complexity index is 459. The molecule has 84 valence electrons. The van der Waals surface area contributed by atoms with E-state index in [0.29, 0.717) is 5.69 Å². The first kappa shape index (κ1) is 11.2. The Morgan fingerprint density at radius 3 is 3.00 bits per heavy atom. The van der Waals surface area contributed by atoms with Gasteiger partial charge in [-0.15, -0.1) is 0 Å². The van der Waals surface area contributed by atoms with Gasteiger partial charge < -0.3 is 10.5 Å². The van der Waals surface area contributed by atoms with Crippen LogP contribution in [0.25, 0.3) is 0 Å².